The Balaban J connectivity index is 1.56. The number of rotatable bonds is 8. The number of nitrogens with zero attached hydrogens (tertiary/aromatic N) is 6. The second-order valence-corrected chi connectivity index (χ2v) is 6.12. The number of benzene rings is 1. The predicted molar refractivity (Wildman–Crippen MR) is 99.1 cm³/mol. The summed E-state index contributed by atoms with van der Waals surface area (Å²) < 4.78 is 8.72. The standard InChI is InChI=1S/C18H23N7O2/c1-13-21-17(24(2)23-13)14-4-6-15(7-5-14)18(26)19-9-8-16-22-20-12-25(16)10-11-27-3/h4-7,12H,8-11H2,1-3H3,(H,19,26). The van der Waals surface area contributed by atoms with Crippen LogP contribution in [0.25, 0.3) is 11.4 Å². The minimum atomic E-state index is -0.126. The van der Waals surface area contributed by atoms with E-state index in [9.17, 15) is 4.79 Å². The fourth-order valence-electron chi connectivity index (χ4n) is 2.77. The van der Waals surface area contributed by atoms with Crippen molar-refractivity contribution in [3.05, 3.63) is 47.8 Å². The Kier molecular flexibility index (Phi) is 5.92. The molecule has 1 aromatic carbocycles. The van der Waals surface area contributed by atoms with Crippen LogP contribution in [0.1, 0.15) is 22.0 Å². The van der Waals surface area contributed by atoms with Crippen molar-refractivity contribution in [1.29, 1.82) is 0 Å². The average Bonchev–Trinajstić information content (AvgIpc) is 3.25. The van der Waals surface area contributed by atoms with E-state index in [-0.39, 0.29) is 5.91 Å². The fraction of sp³-hybridized carbons (Fsp3) is 0.389. The Morgan fingerprint density at radius 3 is 2.70 bits per heavy atom. The van der Waals surface area contributed by atoms with Gasteiger partial charge in [-0.1, -0.05) is 12.1 Å². The summed E-state index contributed by atoms with van der Waals surface area (Å²) in [5.74, 6) is 2.18. The summed E-state index contributed by atoms with van der Waals surface area (Å²) in [6.07, 6.45) is 2.27. The first-order valence-electron chi connectivity index (χ1n) is 8.70. The molecule has 0 aliphatic carbocycles. The van der Waals surface area contributed by atoms with Gasteiger partial charge in [-0.2, -0.15) is 5.10 Å². The van der Waals surface area contributed by atoms with Gasteiger partial charge < -0.3 is 14.6 Å². The van der Waals surface area contributed by atoms with Crippen LogP contribution in [0.3, 0.4) is 0 Å². The third kappa shape index (κ3) is 4.56. The average molecular weight is 369 g/mol. The van der Waals surface area contributed by atoms with Crippen LogP contribution in [0.15, 0.2) is 30.6 Å². The van der Waals surface area contributed by atoms with Crippen molar-refractivity contribution in [2.75, 3.05) is 20.3 Å². The number of methoxy groups -OCH3 is 1. The number of carbonyl (C=O) groups excluding carboxylic acids is 1. The summed E-state index contributed by atoms with van der Waals surface area (Å²) in [5.41, 5.74) is 1.51. The lowest BCUT2D eigenvalue weighted by atomic mass is 10.1. The molecule has 1 N–H and O–H groups in total. The highest BCUT2D eigenvalue weighted by Gasteiger charge is 2.10. The number of hydrogen-bond donors (Lipinski definition) is 1. The van der Waals surface area contributed by atoms with Gasteiger partial charge >= 0.3 is 0 Å². The third-order valence-corrected chi connectivity index (χ3v) is 4.14. The molecular formula is C18H23N7O2. The van der Waals surface area contributed by atoms with Crippen LogP contribution in [0.2, 0.25) is 0 Å². The van der Waals surface area contributed by atoms with E-state index in [1.165, 1.54) is 0 Å². The Morgan fingerprint density at radius 2 is 2.04 bits per heavy atom. The molecule has 2 heterocycles. The van der Waals surface area contributed by atoms with E-state index in [0.717, 1.165) is 17.2 Å². The molecule has 0 spiro atoms. The van der Waals surface area contributed by atoms with E-state index < -0.39 is 0 Å². The summed E-state index contributed by atoms with van der Waals surface area (Å²) in [7, 11) is 3.50. The van der Waals surface area contributed by atoms with E-state index in [1.807, 2.05) is 30.7 Å². The first-order chi connectivity index (χ1) is 13.1. The lowest BCUT2D eigenvalue weighted by Gasteiger charge is -2.08. The van der Waals surface area contributed by atoms with Crippen LogP contribution in [-0.4, -0.2) is 55.7 Å². The number of aromatic nitrogens is 6. The van der Waals surface area contributed by atoms with Crippen molar-refractivity contribution in [2.45, 2.75) is 19.9 Å². The first-order valence-corrected chi connectivity index (χ1v) is 8.70. The van der Waals surface area contributed by atoms with Crippen molar-refractivity contribution >= 4 is 5.91 Å². The zero-order valence-corrected chi connectivity index (χ0v) is 15.7. The molecule has 3 rings (SSSR count). The smallest absolute Gasteiger partial charge is 0.251 e. The van der Waals surface area contributed by atoms with Gasteiger partial charge in [0.05, 0.1) is 6.61 Å². The largest absolute Gasteiger partial charge is 0.383 e. The number of ether oxygens (including phenoxy) is 1. The van der Waals surface area contributed by atoms with Gasteiger partial charge in [0.15, 0.2) is 5.82 Å². The minimum Gasteiger partial charge on any atom is -0.383 e. The maximum absolute atomic E-state index is 12.3. The number of amides is 1. The second-order valence-electron chi connectivity index (χ2n) is 6.12. The van der Waals surface area contributed by atoms with Crippen molar-refractivity contribution in [1.82, 2.24) is 34.8 Å². The van der Waals surface area contributed by atoms with Gasteiger partial charge in [-0.15, -0.1) is 10.2 Å². The molecule has 0 saturated carbocycles. The summed E-state index contributed by atoms with van der Waals surface area (Å²) in [4.78, 5) is 16.7. The number of nitrogens with one attached hydrogen (secondary N) is 1. The SMILES string of the molecule is COCCn1cnnc1CCNC(=O)c1ccc(-c2nc(C)nn2C)cc1. The van der Waals surface area contributed by atoms with E-state index >= 15 is 0 Å². The maximum Gasteiger partial charge on any atom is 0.251 e. The van der Waals surface area contributed by atoms with E-state index in [4.69, 9.17) is 4.74 Å². The normalized spacial score (nSPS) is 10.9. The first kappa shape index (κ1) is 18.7. The molecule has 0 unspecified atom stereocenters. The van der Waals surface area contributed by atoms with E-state index in [2.05, 4.69) is 25.6 Å². The van der Waals surface area contributed by atoms with Crippen molar-refractivity contribution < 1.29 is 9.53 Å². The zero-order valence-electron chi connectivity index (χ0n) is 15.7. The van der Waals surface area contributed by atoms with Gasteiger partial charge in [-0.25, -0.2) is 9.67 Å². The van der Waals surface area contributed by atoms with Gasteiger partial charge in [0.2, 0.25) is 0 Å². The Bertz CT molecular complexity index is 899. The lowest BCUT2D eigenvalue weighted by molar-refractivity contribution is 0.0954. The molecule has 0 aliphatic heterocycles. The minimum absolute atomic E-state index is 0.126. The maximum atomic E-state index is 12.3. The van der Waals surface area contributed by atoms with Crippen LogP contribution >= 0.6 is 0 Å². The fourth-order valence-corrected chi connectivity index (χ4v) is 2.77. The molecule has 3 aromatic rings. The molecule has 1 amide bonds. The lowest BCUT2D eigenvalue weighted by Crippen LogP contribution is -2.26. The highest BCUT2D eigenvalue weighted by Crippen LogP contribution is 2.17. The van der Waals surface area contributed by atoms with Crippen molar-refractivity contribution in [3.63, 3.8) is 0 Å². The molecule has 142 valence electrons. The quantitative estimate of drug-likeness (QED) is 0.636. The summed E-state index contributed by atoms with van der Waals surface area (Å²) in [5, 5.41) is 15.1. The van der Waals surface area contributed by atoms with Crippen LogP contribution < -0.4 is 5.32 Å². The number of carbonyl (C=O) groups is 1. The van der Waals surface area contributed by atoms with E-state index in [0.29, 0.717) is 37.5 Å². The molecule has 9 nitrogen and oxygen atoms in total. The molecule has 0 bridgehead atoms. The van der Waals surface area contributed by atoms with Gasteiger partial charge in [0.1, 0.15) is 18.0 Å². The van der Waals surface area contributed by atoms with Gasteiger partial charge in [0.25, 0.3) is 5.91 Å². The Hall–Kier alpha value is -3.07. The van der Waals surface area contributed by atoms with Crippen LogP contribution in [0.4, 0.5) is 0 Å². The molecule has 2 aromatic heterocycles. The Morgan fingerprint density at radius 1 is 1.26 bits per heavy atom. The van der Waals surface area contributed by atoms with Gasteiger partial charge in [0, 0.05) is 44.8 Å². The monoisotopic (exact) mass is 369 g/mol. The molecule has 9 heteroatoms. The summed E-state index contributed by atoms with van der Waals surface area (Å²) >= 11 is 0. The van der Waals surface area contributed by atoms with Crippen LogP contribution in [-0.2, 0) is 24.8 Å². The second kappa shape index (κ2) is 8.54. The summed E-state index contributed by atoms with van der Waals surface area (Å²) in [6.45, 7) is 3.61. The van der Waals surface area contributed by atoms with Crippen molar-refractivity contribution in [2.24, 2.45) is 7.05 Å². The third-order valence-electron chi connectivity index (χ3n) is 4.14. The number of hydrogen-bond acceptors (Lipinski definition) is 6. The van der Waals surface area contributed by atoms with E-state index in [1.54, 1.807) is 30.3 Å². The van der Waals surface area contributed by atoms with Crippen LogP contribution in [0.5, 0.6) is 0 Å². The summed E-state index contributed by atoms with van der Waals surface area (Å²) in [6, 6.07) is 7.32. The molecule has 0 aliphatic rings. The molecule has 0 saturated heterocycles. The molecular weight excluding hydrogens is 346 g/mol. The highest BCUT2D eigenvalue weighted by molar-refractivity contribution is 5.94. The topological polar surface area (TPSA) is 99.8 Å². The predicted octanol–water partition coefficient (Wildman–Crippen LogP) is 1.00. The van der Waals surface area contributed by atoms with Gasteiger partial charge in [-0.3, -0.25) is 4.79 Å². The van der Waals surface area contributed by atoms with Crippen molar-refractivity contribution in [3.8, 4) is 11.4 Å². The molecule has 27 heavy (non-hydrogen) atoms. The van der Waals surface area contributed by atoms with Crippen LogP contribution in [0, 0.1) is 6.92 Å². The molecule has 0 radical (unpaired) electrons. The molecule has 0 atom stereocenters. The zero-order chi connectivity index (χ0) is 19.2. The Labute approximate surface area is 157 Å². The highest BCUT2D eigenvalue weighted by atomic mass is 16.5. The molecule has 0 fully saturated rings. The number of aryl methyl sites for hydroxylation is 2. The van der Waals surface area contributed by atoms with Gasteiger partial charge in [-0.05, 0) is 19.1 Å².